The Bertz CT molecular complexity index is 116. The molecule has 1 aliphatic rings. The van der Waals surface area contributed by atoms with Gasteiger partial charge in [-0.2, -0.15) is 0 Å². The van der Waals surface area contributed by atoms with Crippen molar-refractivity contribution in [1.82, 2.24) is 4.31 Å². The summed E-state index contributed by atoms with van der Waals surface area (Å²) in [4.78, 5) is 0. The second kappa shape index (κ2) is 4.36. The highest BCUT2D eigenvalue weighted by Gasteiger charge is 2.23. The van der Waals surface area contributed by atoms with Crippen LogP contribution in [0.15, 0.2) is 0 Å². The van der Waals surface area contributed by atoms with Gasteiger partial charge in [0.15, 0.2) is 0 Å². The molecule has 0 radical (unpaired) electrons. The lowest BCUT2D eigenvalue weighted by Crippen LogP contribution is -2.36. The largest absolute Gasteiger partial charge is 0.248 e. The molecule has 1 rings (SSSR count). The zero-order chi connectivity index (χ0) is 8.27. The van der Waals surface area contributed by atoms with Gasteiger partial charge in [-0.3, -0.25) is 0 Å². The van der Waals surface area contributed by atoms with Crippen LogP contribution in [0.5, 0.6) is 0 Å². The minimum absolute atomic E-state index is 0.799. The molecule has 1 aliphatic heterocycles. The molecule has 2 unspecified atom stereocenters. The van der Waals surface area contributed by atoms with E-state index in [4.69, 9.17) is 0 Å². The molecule has 11 heavy (non-hydrogen) atoms. The minimum Gasteiger partial charge on any atom is -0.248 e. The van der Waals surface area contributed by atoms with Crippen molar-refractivity contribution in [2.75, 3.05) is 12.8 Å². The van der Waals surface area contributed by atoms with Gasteiger partial charge in [-0.1, -0.05) is 25.3 Å². The SMILES string of the molecule is CCC1CCC(C)N(SC)C1. The molecule has 2 heteroatoms. The summed E-state index contributed by atoms with van der Waals surface area (Å²) in [5.74, 6) is 0.957. The third-order valence-electron chi connectivity index (χ3n) is 2.73. The smallest absolute Gasteiger partial charge is 0.0174 e. The van der Waals surface area contributed by atoms with Gasteiger partial charge in [0.1, 0.15) is 0 Å². The highest BCUT2D eigenvalue weighted by atomic mass is 32.2. The van der Waals surface area contributed by atoms with Crippen LogP contribution in [0, 0.1) is 5.92 Å². The molecule has 0 spiro atoms. The number of rotatable bonds is 2. The van der Waals surface area contributed by atoms with E-state index in [9.17, 15) is 0 Å². The molecule has 1 fully saturated rings. The fourth-order valence-electron chi connectivity index (χ4n) is 1.73. The quantitative estimate of drug-likeness (QED) is 0.591. The van der Waals surface area contributed by atoms with Crippen LogP contribution in [-0.4, -0.2) is 23.1 Å². The van der Waals surface area contributed by atoms with E-state index in [-0.39, 0.29) is 0 Å². The van der Waals surface area contributed by atoms with Crippen molar-refractivity contribution in [2.45, 2.75) is 39.2 Å². The molecule has 0 amide bonds. The Hall–Kier alpha value is 0.310. The van der Waals surface area contributed by atoms with Crippen molar-refractivity contribution < 1.29 is 0 Å². The summed E-state index contributed by atoms with van der Waals surface area (Å²) < 4.78 is 2.53. The number of piperidine rings is 1. The summed E-state index contributed by atoms with van der Waals surface area (Å²) in [6.45, 7) is 5.94. The van der Waals surface area contributed by atoms with Crippen molar-refractivity contribution in [3.8, 4) is 0 Å². The highest BCUT2D eigenvalue weighted by molar-refractivity contribution is 7.96. The fraction of sp³-hybridized carbons (Fsp3) is 1.00. The molecular formula is C9H19NS. The Kier molecular flexibility index (Phi) is 3.73. The standard InChI is InChI=1S/C9H19NS/c1-4-9-6-5-8(2)10(7-9)11-3/h8-9H,4-7H2,1-3H3. The van der Waals surface area contributed by atoms with Gasteiger partial charge in [-0.05, 0) is 31.9 Å². The van der Waals surface area contributed by atoms with E-state index in [0.717, 1.165) is 12.0 Å². The summed E-state index contributed by atoms with van der Waals surface area (Å²) >= 11 is 1.91. The minimum atomic E-state index is 0.799. The van der Waals surface area contributed by atoms with E-state index in [0.29, 0.717) is 0 Å². The first-order valence-corrected chi connectivity index (χ1v) is 5.76. The van der Waals surface area contributed by atoms with Gasteiger partial charge in [0, 0.05) is 12.6 Å². The maximum Gasteiger partial charge on any atom is 0.0174 e. The Balaban J connectivity index is 2.37. The average molecular weight is 173 g/mol. The first kappa shape index (κ1) is 9.40. The summed E-state index contributed by atoms with van der Waals surface area (Å²) in [6.07, 6.45) is 6.37. The third-order valence-corrected chi connectivity index (χ3v) is 3.71. The first-order chi connectivity index (χ1) is 5.27. The van der Waals surface area contributed by atoms with E-state index in [1.54, 1.807) is 0 Å². The van der Waals surface area contributed by atoms with Crippen LogP contribution in [0.2, 0.25) is 0 Å². The molecule has 2 atom stereocenters. The summed E-state index contributed by atoms with van der Waals surface area (Å²) in [6, 6.07) is 0.799. The van der Waals surface area contributed by atoms with Gasteiger partial charge in [-0.25, -0.2) is 4.31 Å². The zero-order valence-corrected chi connectivity index (χ0v) is 8.66. The van der Waals surface area contributed by atoms with Gasteiger partial charge >= 0.3 is 0 Å². The lowest BCUT2D eigenvalue weighted by Gasteiger charge is -2.35. The molecule has 1 heterocycles. The van der Waals surface area contributed by atoms with Crippen LogP contribution < -0.4 is 0 Å². The van der Waals surface area contributed by atoms with Crippen LogP contribution in [-0.2, 0) is 0 Å². The normalized spacial score (nSPS) is 34.1. The number of hydrogen-bond donors (Lipinski definition) is 0. The van der Waals surface area contributed by atoms with Crippen molar-refractivity contribution in [3.63, 3.8) is 0 Å². The van der Waals surface area contributed by atoms with E-state index < -0.39 is 0 Å². The second-order valence-corrected chi connectivity index (χ2v) is 4.32. The van der Waals surface area contributed by atoms with Gasteiger partial charge in [0.2, 0.25) is 0 Å². The predicted octanol–water partition coefficient (Wildman–Crippen LogP) is 2.77. The molecule has 0 bridgehead atoms. The van der Waals surface area contributed by atoms with Crippen molar-refractivity contribution >= 4 is 11.9 Å². The van der Waals surface area contributed by atoms with Gasteiger partial charge in [0.05, 0.1) is 0 Å². The van der Waals surface area contributed by atoms with Gasteiger partial charge in [0.25, 0.3) is 0 Å². The average Bonchev–Trinajstić information content (AvgIpc) is 2.05. The molecule has 0 aromatic rings. The van der Waals surface area contributed by atoms with E-state index in [1.165, 1.54) is 25.8 Å². The molecule has 1 saturated heterocycles. The molecule has 0 aliphatic carbocycles. The van der Waals surface area contributed by atoms with E-state index in [1.807, 2.05) is 11.9 Å². The predicted molar refractivity (Wildman–Crippen MR) is 52.7 cm³/mol. The first-order valence-electron chi connectivity index (χ1n) is 4.58. The van der Waals surface area contributed by atoms with Crippen molar-refractivity contribution in [2.24, 2.45) is 5.92 Å². The molecule has 1 nitrogen and oxygen atoms in total. The summed E-state index contributed by atoms with van der Waals surface area (Å²) in [5, 5.41) is 0. The van der Waals surface area contributed by atoms with Crippen LogP contribution in [0.25, 0.3) is 0 Å². The molecule has 0 N–H and O–H groups in total. The maximum absolute atomic E-state index is 2.53. The van der Waals surface area contributed by atoms with Crippen LogP contribution in [0.4, 0.5) is 0 Å². The Morgan fingerprint density at radius 1 is 1.45 bits per heavy atom. The molecular weight excluding hydrogens is 154 g/mol. The van der Waals surface area contributed by atoms with E-state index in [2.05, 4.69) is 24.4 Å². The highest BCUT2D eigenvalue weighted by Crippen LogP contribution is 2.27. The van der Waals surface area contributed by atoms with Crippen LogP contribution in [0.3, 0.4) is 0 Å². The second-order valence-electron chi connectivity index (χ2n) is 3.48. The lowest BCUT2D eigenvalue weighted by molar-refractivity contribution is 0.220. The van der Waals surface area contributed by atoms with Crippen LogP contribution in [0.1, 0.15) is 33.1 Å². The van der Waals surface area contributed by atoms with Gasteiger partial charge < -0.3 is 0 Å². The molecule has 0 aromatic heterocycles. The lowest BCUT2D eigenvalue weighted by atomic mass is 9.93. The summed E-state index contributed by atoms with van der Waals surface area (Å²) in [5.41, 5.74) is 0. The monoisotopic (exact) mass is 173 g/mol. The zero-order valence-electron chi connectivity index (χ0n) is 7.84. The molecule has 0 saturated carbocycles. The number of nitrogens with zero attached hydrogens (tertiary/aromatic N) is 1. The Morgan fingerprint density at radius 2 is 2.18 bits per heavy atom. The summed E-state index contributed by atoms with van der Waals surface area (Å²) in [7, 11) is 0. The Labute approximate surface area is 74.7 Å². The van der Waals surface area contributed by atoms with Crippen LogP contribution >= 0.6 is 11.9 Å². The third kappa shape index (κ3) is 2.38. The van der Waals surface area contributed by atoms with Gasteiger partial charge in [-0.15, -0.1) is 0 Å². The van der Waals surface area contributed by atoms with E-state index >= 15 is 0 Å². The molecule has 0 aromatic carbocycles. The fourth-order valence-corrected chi connectivity index (χ4v) is 2.56. The topological polar surface area (TPSA) is 3.24 Å². The van der Waals surface area contributed by atoms with Crippen molar-refractivity contribution in [1.29, 1.82) is 0 Å². The number of hydrogen-bond acceptors (Lipinski definition) is 2. The van der Waals surface area contributed by atoms with Crippen molar-refractivity contribution in [3.05, 3.63) is 0 Å². The Morgan fingerprint density at radius 3 is 2.73 bits per heavy atom. The maximum atomic E-state index is 2.53. The molecule has 66 valence electrons.